The number of carbonyl (C=O) groups is 2. The normalized spacial score (nSPS) is 15.6. The summed E-state index contributed by atoms with van der Waals surface area (Å²) in [7, 11) is 0. The first-order valence-corrected chi connectivity index (χ1v) is 5.65. The molecule has 0 fully saturated rings. The van der Waals surface area contributed by atoms with Gasteiger partial charge in [0.1, 0.15) is 0 Å². The Balaban J connectivity index is 2.79. The molecule has 0 bridgehead atoms. The summed E-state index contributed by atoms with van der Waals surface area (Å²) in [5.41, 5.74) is 6.61. The zero-order valence-electron chi connectivity index (χ0n) is 7.38. The Hall–Kier alpha value is -0.940. The van der Waals surface area contributed by atoms with Crippen molar-refractivity contribution in [3.63, 3.8) is 0 Å². The van der Waals surface area contributed by atoms with E-state index in [4.69, 9.17) is 5.73 Å². The van der Waals surface area contributed by atoms with Crippen LogP contribution in [0, 0.1) is 0 Å². The van der Waals surface area contributed by atoms with Crippen molar-refractivity contribution in [1.29, 1.82) is 0 Å². The van der Waals surface area contributed by atoms with E-state index >= 15 is 0 Å². The van der Waals surface area contributed by atoms with Crippen LogP contribution in [0.3, 0.4) is 0 Å². The van der Waals surface area contributed by atoms with Crippen LogP contribution in [0.25, 0.3) is 0 Å². The first-order valence-electron chi connectivity index (χ1n) is 4.07. The molecule has 0 spiro atoms. The van der Waals surface area contributed by atoms with Crippen molar-refractivity contribution >= 4 is 49.1 Å². The number of ketones is 2. The van der Waals surface area contributed by atoms with Crippen molar-refractivity contribution in [2.75, 3.05) is 5.73 Å². The number of carbonyl (C=O) groups excluding carboxylic acids is 2. The van der Waals surface area contributed by atoms with Crippen LogP contribution in [0.4, 0.5) is 5.69 Å². The molecule has 0 saturated carbocycles. The predicted octanol–water partition coefficient (Wildman–Crippen LogP) is 2.65. The summed E-state index contributed by atoms with van der Waals surface area (Å²) in [5, 5.41) is 0. The molecule has 0 heterocycles. The predicted molar refractivity (Wildman–Crippen MR) is 64.4 cm³/mol. The van der Waals surface area contributed by atoms with E-state index in [-0.39, 0.29) is 26.1 Å². The summed E-state index contributed by atoms with van der Waals surface area (Å²) >= 11 is 6.15. The number of Topliss-reactive ketones (excluding diaryl/α,β-unsaturated/α-hetero) is 2. The summed E-state index contributed by atoms with van der Waals surface area (Å²) in [4.78, 5) is 23.6. The van der Waals surface area contributed by atoms with Gasteiger partial charge in [0, 0.05) is 11.3 Å². The number of hydrogen-bond donors (Lipinski definition) is 1. The highest BCUT2D eigenvalue weighted by Gasteiger charge is 2.30. The van der Waals surface area contributed by atoms with E-state index in [0.29, 0.717) is 11.3 Å². The highest BCUT2D eigenvalue weighted by atomic mass is 79.9. The maximum absolute atomic E-state index is 11.8. The molecule has 0 aromatic heterocycles. The summed E-state index contributed by atoms with van der Waals surface area (Å²) in [6.45, 7) is 0. The number of rotatable bonds is 0. The second-order valence-electron chi connectivity index (χ2n) is 3.06. The monoisotopic (exact) mass is 329 g/mol. The first kappa shape index (κ1) is 10.6. The molecule has 1 aromatic rings. The van der Waals surface area contributed by atoms with Gasteiger partial charge in [0.15, 0.2) is 0 Å². The lowest BCUT2D eigenvalue weighted by atomic mass is 9.93. The van der Waals surface area contributed by atoms with Crippen LogP contribution in [-0.2, 0) is 0 Å². The smallest absolute Gasteiger partial charge is 0.204 e. The fraction of sp³-hybridized carbons (Fsp3) is 0. The molecule has 3 nitrogen and oxygen atoms in total. The molecule has 0 saturated heterocycles. The molecule has 0 atom stereocenters. The molecular weight excluding hydrogens is 326 g/mol. The Bertz CT molecular complexity index is 520. The van der Waals surface area contributed by atoms with E-state index in [9.17, 15) is 9.59 Å². The summed E-state index contributed by atoms with van der Waals surface area (Å²) < 4.78 is 0.462. The number of fused-ring (bicyclic) bond motifs is 1. The van der Waals surface area contributed by atoms with Crippen molar-refractivity contribution in [2.24, 2.45) is 0 Å². The van der Waals surface area contributed by atoms with Gasteiger partial charge in [-0.1, -0.05) is 12.1 Å². The molecule has 76 valence electrons. The van der Waals surface area contributed by atoms with Gasteiger partial charge < -0.3 is 5.73 Å². The molecule has 1 aliphatic carbocycles. The zero-order valence-corrected chi connectivity index (χ0v) is 10.6. The minimum absolute atomic E-state index is 0.220. The van der Waals surface area contributed by atoms with Crippen molar-refractivity contribution in [3.05, 3.63) is 38.3 Å². The Morgan fingerprint density at radius 2 is 1.60 bits per heavy atom. The van der Waals surface area contributed by atoms with Crippen molar-refractivity contribution < 1.29 is 9.59 Å². The number of hydrogen-bond acceptors (Lipinski definition) is 3. The van der Waals surface area contributed by atoms with E-state index in [2.05, 4.69) is 31.9 Å². The van der Waals surface area contributed by atoms with Gasteiger partial charge in [-0.2, -0.15) is 0 Å². The maximum atomic E-state index is 11.8. The average molecular weight is 331 g/mol. The molecule has 1 aromatic carbocycles. The number of nitrogen functional groups attached to an aromatic ring is 1. The van der Waals surface area contributed by atoms with Gasteiger partial charge in [0.25, 0.3) is 0 Å². The van der Waals surface area contributed by atoms with E-state index < -0.39 is 0 Å². The molecule has 1 aliphatic rings. The Labute approximate surface area is 103 Å². The van der Waals surface area contributed by atoms with Crippen molar-refractivity contribution in [2.45, 2.75) is 0 Å². The number of anilines is 1. The van der Waals surface area contributed by atoms with Gasteiger partial charge in [-0.3, -0.25) is 9.59 Å². The number of benzene rings is 1. The van der Waals surface area contributed by atoms with Gasteiger partial charge in [-0.25, -0.2) is 0 Å². The molecule has 15 heavy (non-hydrogen) atoms. The summed E-state index contributed by atoms with van der Waals surface area (Å²) in [6, 6.07) is 4.84. The largest absolute Gasteiger partial charge is 0.398 e. The molecule has 5 heteroatoms. The van der Waals surface area contributed by atoms with Crippen LogP contribution in [0.5, 0.6) is 0 Å². The SMILES string of the molecule is Nc1cccc2c1C(=O)C(Br)=C(Br)C2=O. The van der Waals surface area contributed by atoms with E-state index in [1.54, 1.807) is 18.2 Å². The highest BCUT2D eigenvalue weighted by Crippen LogP contribution is 2.34. The summed E-state index contributed by atoms with van der Waals surface area (Å²) in [5.74, 6) is -0.502. The summed E-state index contributed by atoms with van der Waals surface area (Å²) in [6.07, 6.45) is 0. The van der Waals surface area contributed by atoms with Crippen LogP contribution in [0.15, 0.2) is 27.2 Å². The number of allylic oxidation sites excluding steroid dienone is 2. The molecule has 0 amide bonds. The van der Waals surface area contributed by atoms with Gasteiger partial charge in [0.05, 0.1) is 14.5 Å². The van der Waals surface area contributed by atoms with Gasteiger partial charge in [-0.15, -0.1) is 0 Å². The first-order chi connectivity index (χ1) is 7.04. The molecule has 2 N–H and O–H groups in total. The minimum Gasteiger partial charge on any atom is -0.398 e. The van der Waals surface area contributed by atoms with Gasteiger partial charge in [-0.05, 0) is 37.9 Å². The number of nitrogens with two attached hydrogens (primary N) is 1. The third-order valence-electron chi connectivity index (χ3n) is 2.16. The van der Waals surface area contributed by atoms with Crippen molar-refractivity contribution in [1.82, 2.24) is 0 Å². The topological polar surface area (TPSA) is 60.2 Å². The maximum Gasteiger partial charge on any atom is 0.204 e. The van der Waals surface area contributed by atoms with E-state index in [1.807, 2.05) is 0 Å². The van der Waals surface area contributed by atoms with Crippen molar-refractivity contribution in [3.8, 4) is 0 Å². The minimum atomic E-state index is -0.269. The van der Waals surface area contributed by atoms with Crippen LogP contribution < -0.4 is 5.73 Å². The van der Waals surface area contributed by atoms with Gasteiger partial charge >= 0.3 is 0 Å². The Kier molecular flexibility index (Phi) is 2.52. The fourth-order valence-electron chi connectivity index (χ4n) is 1.44. The Morgan fingerprint density at radius 1 is 1.00 bits per heavy atom. The number of halogens is 2. The van der Waals surface area contributed by atoms with E-state index in [1.165, 1.54) is 0 Å². The lowest BCUT2D eigenvalue weighted by molar-refractivity contribution is 0.0990. The molecule has 0 aliphatic heterocycles. The fourth-order valence-corrected chi connectivity index (χ4v) is 2.21. The second kappa shape index (κ2) is 3.57. The molecule has 0 unspecified atom stereocenters. The lowest BCUT2D eigenvalue weighted by Crippen LogP contribution is -2.18. The average Bonchev–Trinajstić information content (AvgIpc) is 2.23. The van der Waals surface area contributed by atoms with Gasteiger partial charge in [0.2, 0.25) is 11.6 Å². The molecule has 2 rings (SSSR count). The molecule has 0 radical (unpaired) electrons. The quantitative estimate of drug-likeness (QED) is 0.744. The molecular formula is C10H5Br2NO2. The third kappa shape index (κ3) is 1.46. The van der Waals surface area contributed by atoms with E-state index in [0.717, 1.165) is 0 Å². The standard InChI is InChI=1S/C10H5Br2NO2/c11-7-8(12)10(15)6-4(9(7)14)2-1-3-5(6)13/h1-3H,13H2. The van der Waals surface area contributed by atoms with Crippen LogP contribution in [0.1, 0.15) is 20.7 Å². The third-order valence-corrected chi connectivity index (χ3v) is 4.21. The Morgan fingerprint density at radius 3 is 2.27 bits per heavy atom. The highest BCUT2D eigenvalue weighted by molar-refractivity contribution is 9.14. The second-order valence-corrected chi connectivity index (χ2v) is 4.64. The van der Waals surface area contributed by atoms with Crippen LogP contribution in [-0.4, -0.2) is 11.6 Å². The lowest BCUT2D eigenvalue weighted by Gasteiger charge is -2.15. The van der Waals surface area contributed by atoms with Crippen LogP contribution in [0.2, 0.25) is 0 Å². The van der Waals surface area contributed by atoms with Crippen LogP contribution >= 0.6 is 31.9 Å². The zero-order chi connectivity index (χ0) is 11.2.